The quantitative estimate of drug-likeness (QED) is 0.190. The van der Waals surface area contributed by atoms with Gasteiger partial charge in [-0.2, -0.15) is 0 Å². The number of hydrogen-bond acceptors (Lipinski definition) is 7. The van der Waals surface area contributed by atoms with Crippen LogP contribution < -0.4 is 26.9 Å². The van der Waals surface area contributed by atoms with Crippen LogP contribution >= 0.6 is 0 Å². The van der Waals surface area contributed by atoms with Crippen molar-refractivity contribution in [1.29, 1.82) is 0 Å². The molecule has 1 aliphatic carbocycles. The van der Waals surface area contributed by atoms with Gasteiger partial charge in [0.05, 0.1) is 11.2 Å². The van der Waals surface area contributed by atoms with E-state index in [0.29, 0.717) is 56.2 Å². The molecule has 4 aromatic rings. The van der Waals surface area contributed by atoms with Crippen molar-refractivity contribution in [1.82, 2.24) is 19.0 Å². The number of fused-ring (bicyclic) bond motifs is 1. The molecule has 2 aliphatic rings. The molecule has 1 atom stereocenters. The van der Waals surface area contributed by atoms with Crippen LogP contribution in [-0.2, 0) is 19.5 Å². The lowest BCUT2D eigenvalue weighted by Gasteiger charge is -2.41. The van der Waals surface area contributed by atoms with Crippen molar-refractivity contribution in [2.75, 3.05) is 36.4 Å². The van der Waals surface area contributed by atoms with E-state index >= 15 is 4.39 Å². The molecule has 3 N–H and O–H groups in total. The summed E-state index contributed by atoms with van der Waals surface area (Å²) < 4.78 is 18.5. The average Bonchev–Trinajstić information content (AvgIpc) is 3.89. The number of carbonyl (C=O) groups is 1. The molecule has 3 heterocycles. The van der Waals surface area contributed by atoms with E-state index in [1.807, 2.05) is 22.5 Å². The number of hydrogen-bond donors (Lipinski definition) is 3. The Morgan fingerprint density at radius 3 is 2.52 bits per heavy atom. The Labute approximate surface area is 277 Å². The summed E-state index contributed by atoms with van der Waals surface area (Å²) in [6.45, 7) is 9.82. The molecule has 6 rings (SSSR count). The van der Waals surface area contributed by atoms with Crippen molar-refractivity contribution in [3.05, 3.63) is 102 Å². The number of halogens is 1. The Bertz CT molecular complexity index is 2000. The third-order valence-corrected chi connectivity index (χ3v) is 9.70. The van der Waals surface area contributed by atoms with Crippen molar-refractivity contribution >= 4 is 28.4 Å². The summed E-state index contributed by atoms with van der Waals surface area (Å²) in [6, 6.07) is 10.7. The first-order valence-electron chi connectivity index (χ1n) is 16.8. The number of carboxylic acids is 1. The molecule has 0 radical (unpaired) electrons. The molecule has 0 bridgehead atoms. The first-order valence-corrected chi connectivity index (χ1v) is 16.8. The monoisotopic (exact) mass is 658 g/mol. The number of aromatic amines is 1. The van der Waals surface area contributed by atoms with Crippen LogP contribution in [0.5, 0.6) is 0 Å². The Morgan fingerprint density at radius 2 is 1.83 bits per heavy atom. The zero-order chi connectivity index (χ0) is 34.1. The maximum absolute atomic E-state index is 15.5. The molecule has 11 nitrogen and oxygen atoms in total. The summed E-state index contributed by atoms with van der Waals surface area (Å²) in [4.78, 5) is 57.1. The first-order chi connectivity index (χ1) is 23.0. The number of aryl methyl sites for hydroxylation is 2. The highest BCUT2D eigenvalue weighted by molar-refractivity contribution is 5.93. The number of nitrogens with one attached hydrogen (secondary N) is 2. The number of unbranched alkanes of at least 4 members (excludes halogenated alkanes) is 1. The van der Waals surface area contributed by atoms with E-state index in [4.69, 9.17) is 0 Å². The average molecular weight is 659 g/mol. The number of H-pyrrole nitrogens is 1. The number of pyridine rings is 1. The van der Waals surface area contributed by atoms with Gasteiger partial charge in [-0.3, -0.25) is 24.0 Å². The molecule has 1 aliphatic heterocycles. The number of benzene rings is 2. The molecular formula is C36H43FN6O5. The molecule has 2 fully saturated rings. The van der Waals surface area contributed by atoms with E-state index in [1.54, 1.807) is 6.07 Å². The molecule has 0 amide bonds. The fraction of sp³-hybridized carbons (Fsp3) is 0.444. The van der Waals surface area contributed by atoms with Crippen LogP contribution in [0.3, 0.4) is 0 Å². The minimum absolute atomic E-state index is 0.0101. The summed E-state index contributed by atoms with van der Waals surface area (Å²) in [6.07, 6.45) is 5.56. The van der Waals surface area contributed by atoms with Crippen molar-refractivity contribution in [2.24, 2.45) is 0 Å². The second-order valence-electron chi connectivity index (χ2n) is 13.1. The van der Waals surface area contributed by atoms with Crippen LogP contribution in [0.2, 0.25) is 0 Å². The van der Waals surface area contributed by atoms with Crippen LogP contribution in [0.15, 0.2) is 57.0 Å². The number of aromatic nitrogens is 3. The Hall–Kier alpha value is -4.71. The number of anilines is 2. The molecule has 12 heteroatoms. The lowest BCUT2D eigenvalue weighted by Crippen LogP contribution is -2.52. The molecule has 2 aromatic carbocycles. The van der Waals surface area contributed by atoms with Gasteiger partial charge in [0, 0.05) is 62.5 Å². The van der Waals surface area contributed by atoms with E-state index in [1.165, 1.54) is 34.0 Å². The summed E-state index contributed by atoms with van der Waals surface area (Å²) in [5.74, 6) is -1.45. The SMILES string of the molecule is CCc1cc(CNc2cc(=O)n(CCCCN3CCN(c4cc5c(cc4F)c(=O)c(C(=O)O)cn5C4CC4)C(C)C3)c(=O)[nH]2)ccc1C. The maximum Gasteiger partial charge on any atom is 0.341 e. The van der Waals surface area contributed by atoms with Gasteiger partial charge < -0.3 is 19.9 Å². The summed E-state index contributed by atoms with van der Waals surface area (Å²) in [7, 11) is 0. The van der Waals surface area contributed by atoms with Crippen LogP contribution in [0, 0.1) is 12.7 Å². The first kappa shape index (κ1) is 33.2. The lowest BCUT2D eigenvalue weighted by molar-refractivity contribution is 0.0694. The van der Waals surface area contributed by atoms with E-state index in [-0.39, 0.29) is 28.6 Å². The van der Waals surface area contributed by atoms with Gasteiger partial charge in [0.15, 0.2) is 0 Å². The molecule has 2 aromatic heterocycles. The largest absolute Gasteiger partial charge is 0.477 e. The van der Waals surface area contributed by atoms with Gasteiger partial charge in [0.1, 0.15) is 17.2 Å². The second kappa shape index (κ2) is 13.8. The lowest BCUT2D eigenvalue weighted by atomic mass is 10.0. The Morgan fingerprint density at radius 1 is 1.06 bits per heavy atom. The zero-order valence-electron chi connectivity index (χ0n) is 27.7. The Kier molecular flexibility index (Phi) is 9.54. The van der Waals surface area contributed by atoms with Gasteiger partial charge in [-0.05, 0) is 81.3 Å². The van der Waals surface area contributed by atoms with Crippen LogP contribution in [0.1, 0.15) is 72.6 Å². The fourth-order valence-corrected chi connectivity index (χ4v) is 6.83. The van der Waals surface area contributed by atoms with Crippen molar-refractivity contribution in [3.63, 3.8) is 0 Å². The number of carboxylic acid groups (broad SMARTS) is 1. The highest BCUT2D eigenvalue weighted by Crippen LogP contribution is 2.38. The molecule has 1 saturated carbocycles. The fourth-order valence-electron chi connectivity index (χ4n) is 6.83. The standard InChI is InChI=1S/C36H43FN6O5/c1-4-25-15-24(8-7-22(25)2)19-38-32-18-33(44)42(36(48)39-32)12-6-5-11-40-13-14-41(23(3)20-40)31-17-30-27(16-29(31)37)34(45)28(35(46)47)21-43(30)26-9-10-26/h7-8,15-18,21,23,26,38H,4-6,9-14,19-20H2,1-3H3,(H,39,48)(H,46,47). The smallest absolute Gasteiger partial charge is 0.341 e. The van der Waals surface area contributed by atoms with Gasteiger partial charge in [0.2, 0.25) is 5.43 Å². The maximum atomic E-state index is 15.5. The van der Waals surface area contributed by atoms with Gasteiger partial charge in [-0.15, -0.1) is 0 Å². The summed E-state index contributed by atoms with van der Waals surface area (Å²) in [5, 5.41) is 12.8. The van der Waals surface area contributed by atoms with Gasteiger partial charge in [-0.25, -0.2) is 14.0 Å². The summed E-state index contributed by atoms with van der Waals surface area (Å²) in [5.41, 5.74) is 2.78. The molecule has 1 unspecified atom stereocenters. The van der Waals surface area contributed by atoms with Gasteiger partial charge in [0.25, 0.3) is 5.56 Å². The second-order valence-corrected chi connectivity index (χ2v) is 13.1. The predicted molar refractivity (Wildman–Crippen MR) is 185 cm³/mol. The third-order valence-electron chi connectivity index (χ3n) is 9.70. The van der Waals surface area contributed by atoms with Gasteiger partial charge in [-0.1, -0.05) is 25.1 Å². The van der Waals surface area contributed by atoms with Crippen molar-refractivity contribution < 1.29 is 14.3 Å². The molecule has 1 saturated heterocycles. The van der Waals surface area contributed by atoms with Crippen molar-refractivity contribution in [2.45, 2.75) is 78.0 Å². The van der Waals surface area contributed by atoms with Crippen LogP contribution in [0.25, 0.3) is 10.9 Å². The topological polar surface area (TPSA) is 133 Å². The Balaban J connectivity index is 1.04. The summed E-state index contributed by atoms with van der Waals surface area (Å²) >= 11 is 0. The predicted octanol–water partition coefficient (Wildman–Crippen LogP) is 4.50. The molecule has 0 spiro atoms. The number of nitrogens with zero attached hydrogens (tertiary/aromatic N) is 4. The normalized spacial score (nSPS) is 16.8. The van der Waals surface area contributed by atoms with Crippen molar-refractivity contribution in [3.8, 4) is 0 Å². The van der Waals surface area contributed by atoms with Gasteiger partial charge >= 0.3 is 11.7 Å². The minimum atomic E-state index is -1.31. The highest BCUT2D eigenvalue weighted by Gasteiger charge is 2.30. The zero-order valence-corrected chi connectivity index (χ0v) is 27.7. The van der Waals surface area contributed by atoms with Crippen LogP contribution in [0.4, 0.5) is 15.9 Å². The number of aromatic carboxylic acids is 1. The highest BCUT2D eigenvalue weighted by atomic mass is 19.1. The molecule has 254 valence electrons. The molecule has 48 heavy (non-hydrogen) atoms. The molecular weight excluding hydrogens is 615 g/mol. The number of rotatable bonds is 12. The van der Waals surface area contributed by atoms with E-state index < -0.39 is 22.9 Å². The number of piperazine rings is 1. The van der Waals surface area contributed by atoms with E-state index in [9.17, 15) is 24.3 Å². The van der Waals surface area contributed by atoms with E-state index in [0.717, 1.165) is 37.8 Å². The van der Waals surface area contributed by atoms with Crippen LogP contribution in [-0.4, -0.2) is 62.3 Å². The minimum Gasteiger partial charge on any atom is -0.477 e. The van der Waals surface area contributed by atoms with E-state index in [2.05, 4.69) is 41.2 Å². The third kappa shape index (κ3) is 6.94.